The number of aromatic nitrogens is 2. The second kappa shape index (κ2) is 8.69. The number of methoxy groups -OCH3 is 1. The van der Waals surface area contributed by atoms with Crippen LogP contribution in [-0.2, 0) is 6.61 Å². The number of hydrogen-bond donors (Lipinski definition) is 0. The van der Waals surface area contributed by atoms with E-state index in [0.717, 1.165) is 37.7 Å². The summed E-state index contributed by atoms with van der Waals surface area (Å²) in [4.78, 5) is 4.65. The highest BCUT2D eigenvalue weighted by atomic mass is 32.1. The molecule has 0 N–H and O–H groups in total. The molecule has 2 heterocycles. The summed E-state index contributed by atoms with van der Waals surface area (Å²) in [5, 5.41) is 0. The average Bonchev–Trinajstić information content (AvgIpc) is 3.23. The van der Waals surface area contributed by atoms with Crippen molar-refractivity contribution in [3.63, 3.8) is 0 Å². The van der Waals surface area contributed by atoms with E-state index in [-0.39, 0.29) is 0 Å². The molecule has 6 nitrogen and oxygen atoms in total. The van der Waals surface area contributed by atoms with Crippen LogP contribution in [0.4, 0.5) is 11.5 Å². The van der Waals surface area contributed by atoms with Crippen LogP contribution in [0, 0.1) is 13.8 Å². The molecular formula is C22H26N4O2S. The van der Waals surface area contributed by atoms with Crippen LogP contribution in [0.25, 0.3) is 0 Å². The molecule has 0 bridgehead atoms. The number of hydrogen-bond acceptors (Lipinski definition) is 7. The summed E-state index contributed by atoms with van der Waals surface area (Å²) in [6.07, 6.45) is 0. The zero-order valence-corrected chi connectivity index (χ0v) is 17.9. The first-order valence-corrected chi connectivity index (χ1v) is 10.5. The van der Waals surface area contributed by atoms with Crippen LogP contribution in [0.5, 0.6) is 11.6 Å². The first-order valence-electron chi connectivity index (χ1n) is 9.79. The van der Waals surface area contributed by atoms with Gasteiger partial charge in [0.15, 0.2) is 0 Å². The molecule has 0 aliphatic carbocycles. The SMILES string of the molecule is COc1ccc(N2CCN(c3nsnc3OCc3cc(C)ccc3C)CC2)cc1. The molecule has 0 amide bonds. The molecule has 0 radical (unpaired) electrons. The van der Waals surface area contributed by atoms with Crippen LogP contribution in [0.1, 0.15) is 16.7 Å². The Morgan fingerprint density at radius 1 is 0.931 bits per heavy atom. The number of anilines is 2. The third kappa shape index (κ3) is 4.45. The zero-order valence-electron chi connectivity index (χ0n) is 17.1. The predicted octanol–water partition coefficient (Wildman–Crippen LogP) is 4.07. The van der Waals surface area contributed by atoms with Gasteiger partial charge >= 0.3 is 0 Å². The Bertz CT molecular complexity index is 950. The van der Waals surface area contributed by atoms with Crippen molar-refractivity contribution in [1.82, 2.24) is 8.75 Å². The van der Waals surface area contributed by atoms with Crippen LogP contribution in [0.2, 0.25) is 0 Å². The first-order chi connectivity index (χ1) is 14.1. The largest absolute Gasteiger partial charge is 0.497 e. The molecule has 1 fully saturated rings. The molecule has 1 saturated heterocycles. The lowest BCUT2D eigenvalue weighted by atomic mass is 10.1. The maximum Gasteiger partial charge on any atom is 0.271 e. The summed E-state index contributed by atoms with van der Waals surface area (Å²) in [6.45, 7) is 8.35. The van der Waals surface area contributed by atoms with Gasteiger partial charge < -0.3 is 19.3 Å². The zero-order chi connectivity index (χ0) is 20.2. The second-order valence-electron chi connectivity index (χ2n) is 7.28. The number of benzene rings is 2. The second-order valence-corrected chi connectivity index (χ2v) is 7.81. The molecule has 0 spiro atoms. The van der Waals surface area contributed by atoms with Crippen LogP contribution >= 0.6 is 11.7 Å². The monoisotopic (exact) mass is 410 g/mol. The standard InChI is InChI=1S/C22H26N4O2S/c1-16-4-5-17(2)18(14-16)15-28-22-21(23-29-24-22)26-12-10-25(11-13-26)19-6-8-20(27-3)9-7-19/h4-9,14H,10-13,15H2,1-3H3. The summed E-state index contributed by atoms with van der Waals surface area (Å²) in [5.41, 5.74) is 4.87. The molecule has 0 unspecified atom stereocenters. The number of aryl methyl sites for hydroxylation is 2. The van der Waals surface area contributed by atoms with Crippen molar-refractivity contribution in [3.8, 4) is 11.6 Å². The van der Waals surface area contributed by atoms with Gasteiger partial charge in [-0.1, -0.05) is 23.8 Å². The third-order valence-electron chi connectivity index (χ3n) is 5.33. The molecule has 1 aliphatic heterocycles. The smallest absolute Gasteiger partial charge is 0.271 e. The highest BCUT2D eigenvalue weighted by molar-refractivity contribution is 6.99. The minimum atomic E-state index is 0.512. The van der Waals surface area contributed by atoms with Crippen molar-refractivity contribution in [3.05, 3.63) is 59.2 Å². The third-order valence-corrected chi connectivity index (χ3v) is 5.83. The van der Waals surface area contributed by atoms with E-state index in [1.54, 1.807) is 7.11 Å². The molecule has 7 heteroatoms. The fourth-order valence-corrected chi connectivity index (χ4v) is 4.05. The van der Waals surface area contributed by atoms with Crippen LogP contribution in [0.15, 0.2) is 42.5 Å². The minimum absolute atomic E-state index is 0.512. The summed E-state index contributed by atoms with van der Waals surface area (Å²) >= 11 is 1.21. The van der Waals surface area contributed by atoms with Crippen LogP contribution < -0.4 is 19.3 Å². The molecule has 0 saturated carbocycles. The van der Waals surface area contributed by atoms with Gasteiger partial charge in [-0.15, -0.1) is 4.37 Å². The first kappa shape index (κ1) is 19.5. The van der Waals surface area contributed by atoms with E-state index in [2.05, 4.69) is 62.7 Å². The highest BCUT2D eigenvalue weighted by Crippen LogP contribution is 2.29. The average molecular weight is 411 g/mol. The van der Waals surface area contributed by atoms with Gasteiger partial charge in [0.2, 0.25) is 5.82 Å². The lowest BCUT2D eigenvalue weighted by Crippen LogP contribution is -2.46. The van der Waals surface area contributed by atoms with Gasteiger partial charge in [-0.3, -0.25) is 0 Å². The van der Waals surface area contributed by atoms with Gasteiger partial charge in [0.1, 0.15) is 12.4 Å². The van der Waals surface area contributed by atoms with E-state index in [1.807, 2.05) is 12.1 Å². The lowest BCUT2D eigenvalue weighted by Gasteiger charge is -2.36. The Hall–Kier alpha value is -2.80. The van der Waals surface area contributed by atoms with Gasteiger partial charge in [0.05, 0.1) is 18.8 Å². The number of rotatable bonds is 6. The highest BCUT2D eigenvalue weighted by Gasteiger charge is 2.23. The number of ether oxygens (including phenoxy) is 2. The fraction of sp³-hybridized carbons (Fsp3) is 0.364. The maximum absolute atomic E-state index is 6.06. The molecule has 0 atom stereocenters. The molecule has 1 aromatic heterocycles. The van der Waals surface area contributed by atoms with Crippen molar-refractivity contribution in [2.45, 2.75) is 20.5 Å². The molecule has 3 aromatic rings. The molecule has 29 heavy (non-hydrogen) atoms. The molecule has 152 valence electrons. The van der Waals surface area contributed by atoms with Crippen molar-refractivity contribution in [2.75, 3.05) is 43.1 Å². The predicted molar refractivity (Wildman–Crippen MR) is 118 cm³/mol. The van der Waals surface area contributed by atoms with Gasteiger partial charge in [-0.05, 0) is 49.2 Å². The van der Waals surface area contributed by atoms with Crippen LogP contribution in [0.3, 0.4) is 0 Å². The van der Waals surface area contributed by atoms with Crippen LogP contribution in [-0.4, -0.2) is 42.0 Å². The molecular weight excluding hydrogens is 384 g/mol. The van der Waals surface area contributed by atoms with E-state index in [1.165, 1.54) is 34.1 Å². The summed E-state index contributed by atoms with van der Waals surface area (Å²) < 4.78 is 20.2. The molecule has 1 aliphatic rings. The van der Waals surface area contributed by atoms with Crippen molar-refractivity contribution in [1.29, 1.82) is 0 Å². The number of piperazine rings is 1. The van der Waals surface area contributed by atoms with E-state index < -0.39 is 0 Å². The van der Waals surface area contributed by atoms with E-state index in [9.17, 15) is 0 Å². The van der Waals surface area contributed by atoms with E-state index in [0.29, 0.717) is 12.5 Å². The molecule has 2 aromatic carbocycles. The van der Waals surface area contributed by atoms with Crippen molar-refractivity contribution in [2.24, 2.45) is 0 Å². The fourth-order valence-electron chi connectivity index (χ4n) is 3.53. The Morgan fingerprint density at radius 3 is 2.38 bits per heavy atom. The Morgan fingerprint density at radius 2 is 1.66 bits per heavy atom. The minimum Gasteiger partial charge on any atom is -0.497 e. The van der Waals surface area contributed by atoms with Crippen molar-refractivity contribution < 1.29 is 9.47 Å². The van der Waals surface area contributed by atoms with Gasteiger partial charge in [-0.25, -0.2) is 0 Å². The Labute approximate surface area is 176 Å². The summed E-state index contributed by atoms with van der Waals surface area (Å²) in [7, 11) is 1.69. The lowest BCUT2D eigenvalue weighted by molar-refractivity contribution is 0.296. The normalized spacial score (nSPS) is 14.2. The summed E-state index contributed by atoms with van der Waals surface area (Å²) in [5.74, 6) is 2.37. The van der Waals surface area contributed by atoms with Gasteiger partial charge in [-0.2, -0.15) is 4.37 Å². The topological polar surface area (TPSA) is 50.7 Å². The summed E-state index contributed by atoms with van der Waals surface area (Å²) in [6, 6.07) is 14.7. The Kier molecular flexibility index (Phi) is 5.85. The van der Waals surface area contributed by atoms with E-state index >= 15 is 0 Å². The molecule has 4 rings (SSSR count). The maximum atomic E-state index is 6.06. The number of nitrogens with zero attached hydrogens (tertiary/aromatic N) is 4. The van der Waals surface area contributed by atoms with Gasteiger partial charge in [0, 0.05) is 31.9 Å². The van der Waals surface area contributed by atoms with Gasteiger partial charge in [0.25, 0.3) is 5.88 Å². The van der Waals surface area contributed by atoms with Crippen molar-refractivity contribution >= 4 is 23.2 Å². The van der Waals surface area contributed by atoms with E-state index in [4.69, 9.17) is 9.47 Å². The quantitative estimate of drug-likeness (QED) is 0.611. The Balaban J connectivity index is 1.38.